The summed E-state index contributed by atoms with van der Waals surface area (Å²) < 4.78 is 19.8. The number of aryl methyl sites for hydroxylation is 6. The molecule has 0 bridgehead atoms. The van der Waals surface area contributed by atoms with Crippen molar-refractivity contribution < 1.29 is 36.0 Å². The Morgan fingerprint density at radius 2 is 0.500 bits per heavy atom. The smallest absolute Gasteiger partial charge is 0.381 e. The number of benzene rings is 3. The summed E-state index contributed by atoms with van der Waals surface area (Å²) in [4.78, 5) is 0. The van der Waals surface area contributed by atoms with Crippen molar-refractivity contribution in [2.45, 2.75) is 92.9 Å². The quantitative estimate of drug-likeness (QED) is 0.177. The minimum atomic E-state index is 0. The molecule has 4 aliphatic rings. The van der Waals surface area contributed by atoms with Gasteiger partial charge in [-0.05, 0) is 51.4 Å². The minimum absolute atomic E-state index is 0. The maximum atomic E-state index is 4.94. The molecule has 46 heavy (non-hydrogen) atoms. The molecular weight excluding hydrogens is 606 g/mol. The molecule has 6 heteroatoms. The van der Waals surface area contributed by atoms with Crippen molar-refractivity contribution in [2.75, 3.05) is 52.9 Å². The largest absolute Gasteiger partial charge is 3.00 e. The number of hydrogen-bond donors (Lipinski definition) is 0. The van der Waals surface area contributed by atoms with Gasteiger partial charge < -0.3 is 18.9 Å². The van der Waals surface area contributed by atoms with Crippen LogP contribution >= 0.6 is 0 Å². The second-order valence-electron chi connectivity index (χ2n) is 11.5. The molecule has 4 nitrogen and oxygen atoms in total. The van der Waals surface area contributed by atoms with Gasteiger partial charge in [-0.15, -0.1) is 0 Å². The Morgan fingerprint density at radius 3 is 0.565 bits per heavy atom. The zero-order valence-electron chi connectivity index (χ0n) is 30.0. The standard InChI is InChI=1S/3C8H9.4C4H8O.Li.Mn/c3*1-7-4-3-5-8(2)6-7;4*1-2-4-5-3-1;;/h3*4-6H,1-2H3;4*1-4H2;;/q3*-1;;;;;;+3. The van der Waals surface area contributed by atoms with Crippen molar-refractivity contribution in [1.82, 2.24) is 0 Å². The van der Waals surface area contributed by atoms with Crippen LogP contribution in [0.2, 0.25) is 0 Å². The second-order valence-corrected chi connectivity index (χ2v) is 11.5. The maximum absolute atomic E-state index is 4.94. The van der Waals surface area contributed by atoms with Gasteiger partial charge in [0.25, 0.3) is 0 Å². The van der Waals surface area contributed by atoms with Gasteiger partial charge in [0, 0.05) is 71.7 Å². The van der Waals surface area contributed by atoms with E-state index in [1.165, 1.54) is 84.7 Å². The molecule has 4 aliphatic heterocycles. The van der Waals surface area contributed by atoms with Crippen molar-refractivity contribution in [3.8, 4) is 0 Å². The van der Waals surface area contributed by atoms with Crippen molar-refractivity contribution in [2.24, 2.45) is 0 Å². The normalized spacial score (nSPS) is 15.3. The molecule has 4 heterocycles. The van der Waals surface area contributed by atoms with Gasteiger partial charge in [0.2, 0.25) is 0 Å². The van der Waals surface area contributed by atoms with Crippen LogP contribution in [0.25, 0.3) is 0 Å². The van der Waals surface area contributed by atoms with E-state index in [1.807, 2.05) is 36.4 Å². The first-order valence-corrected chi connectivity index (χ1v) is 16.5. The van der Waals surface area contributed by atoms with Crippen molar-refractivity contribution in [3.63, 3.8) is 0 Å². The first kappa shape index (κ1) is 46.7. The van der Waals surface area contributed by atoms with Crippen LogP contribution in [0.4, 0.5) is 0 Å². The van der Waals surface area contributed by atoms with E-state index in [4.69, 9.17) is 18.9 Å². The Hall–Kier alpha value is -1.38. The van der Waals surface area contributed by atoms with Gasteiger partial charge in [-0.1, -0.05) is 41.5 Å². The molecule has 0 spiro atoms. The molecule has 3 aromatic rings. The molecule has 1 radical (unpaired) electrons. The molecule has 0 aliphatic carbocycles. The van der Waals surface area contributed by atoms with Crippen LogP contribution in [-0.2, 0) is 36.0 Å². The fraction of sp³-hybridized carbons (Fsp3) is 0.550. The molecule has 3 aromatic carbocycles. The summed E-state index contributed by atoms with van der Waals surface area (Å²) in [6, 6.07) is 27.4. The summed E-state index contributed by atoms with van der Waals surface area (Å²) in [5.74, 6) is 0. The zero-order valence-corrected chi connectivity index (χ0v) is 31.2. The van der Waals surface area contributed by atoms with Crippen molar-refractivity contribution in [1.29, 1.82) is 0 Å². The molecule has 251 valence electrons. The average molecular weight is 666 g/mol. The van der Waals surface area contributed by atoms with Crippen LogP contribution < -0.4 is 0 Å². The third kappa shape index (κ3) is 31.2. The van der Waals surface area contributed by atoms with E-state index in [0.29, 0.717) is 0 Å². The molecule has 0 unspecified atom stereocenters. The van der Waals surface area contributed by atoms with E-state index in [2.05, 4.69) is 77.9 Å². The summed E-state index contributed by atoms with van der Waals surface area (Å²) in [7, 11) is 0. The van der Waals surface area contributed by atoms with Gasteiger partial charge in [0.15, 0.2) is 0 Å². The van der Waals surface area contributed by atoms with Crippen LogP contribution in [0, 0.1) is 59.7 Å². The fourth-order valence-electron chi connectivity index (χ4n) is 4.28. The predicted molar refractivity (Wildman–Crippen MR) is 190 cm³/mol. The first-order valence-electron chi connectivity index (χ1n) is 16.5. The van der Waals surface area contributed by atoms with E-state index in [1.54, 1.807) is 0 Å². The first-order chi connectivity index (χ1) is 21.4. The van der Waals surface area contributed by atoms with E-state index >= 15 is 0 Å². The SMILES string of the molecule is C1CCOC1.C1CCOC1.C1CCOC1.C1CCOC1.Cc1c[c-]cc(C)c1.Cc1c[c-]cc(C)c1.Cc1c[c-]cc(C)c1.[Li].[Mn+3]. The summed E-state index contributed by atoms with van der Waals surface area (Å²) >= 11 is 0. The molecule has 7 rings (SSSR count). The third-order valence-corrected chi connectivity index (χ3v) is 6.54. The second kappa shape index (κ2) is 33.5. The summed E-state index contributed by atoms with van der Waals surface area (Å²) in [6.07, 6.45) is 10.2. The van der Waals surface area contributed by atoms with Gasteiger partial charge >= 0.3 is 17.1 Å². The fourth-order valence-corrected chi connectivity index (χ4v) is 4.28. The van der Waals surface area contributed by atoms with Gasteiger partial charge in [-0.2, -0.15) is 106 Å². The van der Waals surface area contributed by atoms with E-state index in [9.17, 15) is 0 Å². The molecule has 4 fully saturated rings. The Morgan fingerprint density at radius 1 is 0.348 bits per heavy atom. The maximum Gasteiger partial charge on any atom is 3.00 e. The van der Waals surface area contributed by atoms with Crippen LogP contribution in [0.3, 0.4) is 0 Å². The summed E-state index contributed by atoms with van der Waals surface area (Å²) in [5.41, 5.74) is 7.69. The number of rotatable bonds is 0. The molecule has 0 aromatic heterocycles. The zero-order chi connectivity index (χ0) is 32.1. The Labute approximate surface area is 305 Å². The topological polar surface area (TPSA) is 36.9 Å². The molecule has 0 amide bonds. The Bertz CT molecular complexity index is 837. The third-order valence-electron chi connectivity index (χ3n) is 6.54. The minimum Gasteiger partial charge on any atom is -0.381 e. The van der Waals surface area contributed by atoms with Crippen LogP contribution in [0.5, 0.6) is 0 Å². The number of ether oxygens (including phenoxy) is 4. The molecule has 0 saturated carbocycles. The Kier molecular flexibility index (Phi) is 34.1. The van der Waals surface area contributed by atoms with Crippen molar-refractivity contribution >= 4 is 18.9 Å². The van der Waals surface area contributed by atoms with Gasteiger partial charge in [-0.3, -0.25) is 0 Å². The summed E-state index contributed by atoms with van der Waals surface area (Å²) in [6.45, 7) is 20.4. The van der Waals surface area contributed by atoms with Gasteiger partial charge in [0.05, 0.1) is 0 Å². The van der Waals surface area contributed by atoms with E-state index in [0.717, 1.165) is 52.9 Å². The van der Waals surface area contributed by atoms with Gasteiger partial charge in [-0.25, -0.2) is 0 Å². The number of hydrogen-bond acceptors (Lipinski definition) is 4. The molecule has 0 atom stereocenters. The molecular formula is C40H59LiMnO4. The molecule has 0 N–H and O–H groups in total. The van der Waals surface area contributed by atoms with Crippen LogP contribution in [0.1, 0.15) is 84.7 Å². The van der Waals surface area contributed by atoms with Gasteiger partial charge in [0.1, 0.15) is 0 Å². The van der Waals surface area contributed by atoms with E-state index < -0.39 is 0 Å². The summed E-state index contributed by atoms with van der Waals surface area (Å²) in [5, 5.41) is 0. The van der Waals surface area contributed by atoms with Crippen LogP contribution in [0.15, 0.2) is 54.6 Å². The Balaban J connectivity index is 0. The predicted octanol–water partition coefficient (Wildman–Crippen LogP) is 9.11. The monoisotopic (exact) mass is 665 g/mol. The van der Waals surface area contributed by atoms with Crippen LogP contribution in [-0.4, -0.2) is 71.7 Å². The van der Waals surface area contributed by atoms with E-state index in [-0.39, 0.29) is 35.9 Å². The molecule has 4 saturated heterocycles. The van der Waals surface area contributed by atoms with Crippen molar-refractivity contribution in [3.05, 3.63) is 106 Å². The average Bonchev–Trinajstić information content (AvgIpc) is 3.84.